The standard InChI is InChI=1S/C19H32N2/c1-18-11-4-3-5-13(18)6-7-14-15-8-9-17(21-20)19(15,2)12-10-16(14)18/h13-16H,3-12,20H2,1-2H3/b21-17+/t13?,14?,15?,16?,18-,19-/m0/s1. The molecule has 2 nitrogen and oxygen atoms in total. The van der Waals surface area contributed by atoms with Crippen LogP contribution in [0.25, 0.3) is 0 Å². The van der Waals surface area contributed by atoms with Gasteiger partial charge in [0.25, 0.3) is 0 Å². The molecule has 6 atom stereocenters. The monoisotopic (exact) mass is 288 g/mol. The maximum atomic E-state index is 5.71. The first-order chi connectivity index (χ1) is 10.1. The summed E-state index contributed by atoms with van der Waals surface area (Å²) in [7, 11) is 0. The minimum absolute atomic E-state index is 0.341. The topological polar surface area (TPSA) is 38.4 Å². The predicted octanol–water partition coefficient (Wildman–Crippen LogP) is 4.73. The van der Waals surface area contributed by atoms with Crippen LogP contribution in [0, 0.1) is 34.5 Å². The van der Waals surface area contributed by atoms with Gasteiger partial charge in [-0.3, -0.25) is 0 Å². The van der Waals surface area contributed by atoms with Crippen LogP contribution in [-0.4, -0.2) is 5.71 Å². The van der Waals surface area contributed by atoms with Crippen LogP contribution in [0.15, 0.2) is 5.10 Å². The van der Waals surface area contributed by atoms with Crippen LogP contribution in [0.4, 0.5) is 0 Å². The van der Waals surface area contributed by atoms with Crippen molar-refractivity contribution in [2.75, 3.05) is 0 Å². The molecule has 0 heterocycles. The summed E-state index contributed by atoms with van der Waals surface area (Å²) in [5, 5.41) is 4.20. The second-order valence-corrected chi connectivity index (χ2v) is 8.97. The van der Waals surface area contributed by atoms with Crippen LogP contribution in [0.3, 0.4) is 0 Å². The van der Waals surface area contributed by atoms with Gasteiger partial charge < -0.3 is 5.84 Å². The van der Waals surface area contributed by atoms with Gasteiger partial charge in [0.1, 0.15) is 0 Å². The number of nitrogens with two attached hydrogens (primary N) is 1. The van der Waals surface area contributed by atoms with Crippen molar-refractivity contribution in [3.8, 4) is 0 Å². The minimum Gasteiger partial charge on any atom is -0.323 e. The maximum absolute atomic E-state index is 5.71. The fourth-order valence-corrected chi connectivity index (χ4v) is 7.30. The molecule has 0 aromatic heterocycles. The van der Waals surface area contributed by atoms with E-state index in [9.17, 15) is 0 Å². The second kappa shape index (κ2) is 4.73. The molecule has 0 aromatic carbocycles. The van der Waals surface area contributed by atoms with Crippen molar-refractivity contribution in [2.45, 2.75) is 78.1 Å². The zero-order valence-electron chi connectivity index (χ0n) is 13.9. The fourth-order valence-electron chi connectivity index (χ4n) is 7.30. The Hall–Kier alpha value is -0.530. The van der Waals surface area contributed by atoms with E-state index in [-0.39, 0.29) is 0 Å². The van der Waals surface area contributed by atoms with Gasteiger partial charge in [-0.2, -0.15) is 5.10 Å². The van der Waals surface area contributed by atoms with Crippen LogP contribution in [-0.2, 0) is 0 Å². The summed E-state index contributed by atoms with van der Waals surface area (Å²) in [6.07, 6.45) is 14.3. The summed E-state index contributed by atoms with van der Waals surface area (Å²) in [6, 6.07) is 0. The number of rotatable bonds is 0. The third-order valence-electron chi connectivity index (χ3n) is 8.48. The SMILES string of the molecule is C[C@]12CCCCC1CCC1C2CC[C@]2(C)/C(=N/N)CCC12. The van der Waals surface area contributed by atoms with Crippen molar-refractivity contribution >= 4 is 5.71 Å². The first kappa shape index (κ1) is 14.1. The van der Waals surface area contributed by atoms with E-state index >= 15 is 0 Å². The number of hydrogen-bond acceptors (Lipinski definition) is 2. The van der Waals surface area contributed by atoms with Gasteiger partial charge in [-0.1, -0.05) is 26.7 Å². The van der Waals surface area contributed by atoms with Gasteiger partial charge in [-0.25, -0.2) is 0 Å². The highest BCUT2D eigenvalue weighted by atomic mass is 15.1. The molecule has 4 aliphatic rings. The first-order valence-electron chi connectivity index (χ1n) is 9.37. The van der Waals surface area contributed by atoms with Crippen LogP contribution < -0.4 is 5.84 Å². The lowest BCUT2D eigenvalue weighted by molar-refractivity contribution is -0.0936. The Morgan fingerprint density at radius 2 is 1.81 bits per heavy atom. The maximum Gasteiger partial charge on any atom is 0.0437 e. The largest absolute Gasteiger partial charge is 0.323 e. The molecule has 0 bridgehead atoms. The summed E-state index contributed by atoms with van der Waals surface area (Å²) in [5.74, 6) is 9.57. The molecule has 21 heavy (non-hydrogen) atoms. The molecule has 0 aliphatic heterocycles. The Morgan fingerprint density at radius 1 is 0.952 bits per heavy atom. The Morgan fingerprint density at radius 3 is 2.62 bits per heavy atom. The van der Waals surface area contributed by atoms with Crippen LogP contribution in [0.2, 0.25) is 0 Å². The highest BCUT2D eigenvalue weighted by molar-refractivity contribution is 5.92. The number of nitrogens with zero attached hydrogens (tertiary/aromatic N) is 1. The van der Waals surface area contributed by atoms with Gasteiger partial charge in [-0.05, 0) is 80.5 Å². The number of hydrogen-bond donors (Lipinski definition) is 1. The molecule has 4 unspecified atom stereocenters. The van der Waals surface area contributed by atoms with E-state index in [1.807, 2.05) is 0 Å². The van der Waals surface area contributed by atoms with E-state index in [1.165, 1.54) is 69.9 Å². The van der Waals surface area contributed by atoms with Gasteiger partial charge in [0.05, 0.1) is 0 Å². The lowest BCUT2D eigenvalue weighted by Crippen LogP contribution is -2.52. The van der Waals surface area contributed by atoms with E-state index in [2.05, 4.69) is 18.9 Å². The third kappa shape index (κ3) is 1.80. The molecular formula is C19H32N2. The Kier molecular flexibility index (Phi) is 3.17. The Labute approximate surface area is 129 Å². The first-order valence-corrected chi connectivity index (χ1v) is 9.37. The molecule has 4 aliphatic carbocycles. The lowest BCUT2D eigenvalue weighted by Gasteiger charge is -2.59. The summed E-state index contributed by atoms with van der Waals surface area (Å²) in [4.78, 5) is 0. The number of hydrazone groups is 1. The van der Waals surface area contributed by atoms with E-state index in [4.69, 9.17) is 5.84 Å². The highest BCUT2D eigenvalue weighted by Crippen LogP contribution is 2.65. The van der Waals surface area contributed by atoms with Gasteiger partial charge in [0.15, 0.2) is 0 Å². The normalized spacial score (nSPS) is 54.9. The summed E-state index contributed by atoms with van der Waals surface area (Å²) >= 11 is 0. The van der Waals surface area contributed by atoms with Crippen LogP contribution in [0.5, 0.6) is 0 Å². The van der Waals surface area contributed by atoms with Crippen LogP contribution in [0.1, 0.15) is 78.1 Å². The fraction of sp³-hybridized carbons (Fsp3) is 0.947. The molecule has 0 aromatic rings. The number of fused-ring (bicyclic) bond motifs is 5. The summed E-state index contributed by atoms with van der Waals surface area (Å²) in [5.41, 5.74) is 2.33. The molecule has 0 radical (unpaired) electrons. The summed E-state index contributed by atoms with van der Waals surface area (Å²) in [6.45, 7) is 5.13. The van der Waals surface area contributed by atoms with E-state index in [0.29, 0.717) is 10.8 Å². The summed E-state index contributed by atoms with van der Waals surface area (Å²) < 4.78 is 0. The van der Waals surface area contributed by atoms with Gasteiger partial charge in [0.2, 0.25) is 0 Å². The molecule has 4 rings (SSSR count). The molecule has 0 saturated heterocycles. The van der Waals surface area contributed by atoms with Gasteiger partial charge in [-0.15, -0.1) is 0 Å². The van der Waals surface area contributed by atoms with Crippen molar-refractivity contribution in [3.63, 3.8) is 0 Å². The Bertz CT molecular complexity index is 456. The van der Waals surface area contributed by atoms with Crippen molar-refractivity contribution in [1.29, 1.82) is 0 Å². The van der Waals surface area contributed by atoms with E-state index in [0.717, 1.165) is 23.7 Å². The van der Waals surface area contributed by atoms with Crippen molar-refractivity contribution < 1.29 is 0 Å². The van der Waals surface area contributed by atoms with Crippen molar-refractivity contribution in [1.82, 2.24) is 0 Å². The van der Waals surface area contributed by atoms with Crippen molar-refractivity contribution in [2.24, 2.45) is 45.4 Å². The average Bonchev–Trinajstić information content (AvgIpc) is 2.83. The molecule has 4 fully saturated rings. The highest BCUT2D eigenvalue weighted by Gasteiger charge is 2.58. The predicted molar refractivity (Wildman–Crippen MR) is 88.0 cm³/mol. The molecule has 2 N–H and O–H groups in total. The van der Waals surface area contributed by atoms with Crippen molar-refractivity contribution in [3.05, 3.63) is 0 Å². The smallest absolute Gasteiger partial charge is 0.0437 e. The minimum atomic E-state index is 0.341. The Balaban J connectivity index is 1.66. The van der Waals surface area contributed by atoms with Gasteiger partial charge in [0, 0.05) is 11.1 Å². The molecule has 0 amide bonds. The third-order valence-corrected chi connectivity index (χ3v) is 8.48. The van der Waals surface area contributed by atoms with E-state index in [1.54, 1.807) is 0 Å². The molecule has 2 heteroatoms. The second-order valence-electron chi connectivity index (χ2n) is 8.97. The molecule has 0 spiro atoms. The van der Waals surface area contributed by atoms with E-state index < -0.39 is 0 Å². The zero-order chi connectivity index (χ0) is 14.7. The molecule has 118 valence electrons. The molecular weight excluding hydrogens is 256 g/mol. The van der Waals surface area contributed by atoms with Crippen LogP contribution >= 0.6 is 0 Å². The van der Waals surface area contributed by atoms with Gasteiger partial charge >= 0.3 is 0 Å². The lowest BCUT2D eigenvalue weighted by atomic mass is 9.45. The zero-order valence-corrected chi connectivity index (χ0v) is 13.9. The average molecular weight is 288 g/mol. The molecule has 4 saturated carbocycles. The quantitative estimate of drug-likeness (QED) is 0.507.